The number of anilines is 1. The Labute approximate surface area is 192 Å². The van der Waals surface area contributed by atoms with Gasteiger partial charge in [-0.15, -0.1) is 0 Å². The minimum absolute atomic E-state index is 0.113. The van der Waals surface area contributed by atoms with Crippen LogP contribution in [0.1, 0.15) is 36.6 Å². The van der Waals surface area contributed by atoms with Crippen LogP contribution in [0.25, 0.3) is 22.2 Å². The van der Waals surface area contributed by atoms with Crippen molar-refractivity contribution in [3.05, 3.63) is 66.1 Å². The first-order chi connectivity index (χ1) is 16.0. The lowest BCUT2D eigenvalue weighted by Crippen LogP contribution is -2.25. The zero-order valence-corrected chi connectivity index (χ0v) is 19.1. The summed E-state index contributed by atoms with van der Waals surface area (Å²) in [5.74, 6) is 2.77. The molecule has 1 N–H and O–H groups in total. The molecule has 8 heteroatoms. The van der Waals surface area contributed by atoms with Gasteiger partial charge in [-0.3, -0.25) is 4.79 Å². The van der Waals surface area contributed by atoms with Crippen LogP contribution in [0.2, 0.25) is 0 Å². The van der Waals surface area contributed by atoms with Crippen molar-refractivity contribution in [2.24, 2.45) is 7.05 Å². The Morgan fingerprint density at radius 3 is 2.82 bits per heavy atom. The standard InChI is InChI=1S/C25H27N7O/c1-16-27-13-20(25(29-16)19-9-11-32(15-19)17(2)33)18-8-10-26-23(12-18)28-14-24-30-21-6-4-5-7-22(21)31(24)3/h4-8,10,12-13,19H,9,11,14-15H2,1-3H3,(H,26,28). The number of fused-ring (bicyclic) bond motifs is 1. The van der Waals surface area contributed by atoms with Gasteiger partial charge in [0.15, 0.2) is 0 Å². The van der Waals surface area contributed by atoms with Crippen LogP contribution in [0, 0.1) is 6.92 Å². The summed E-state index contributed by atoms with van der Waals surface area (Å²) < 4.78 is 2.10. The lowest BCUT2D eigenvalue weighted by atomic mass is 9.96. The van der Waals surface area contributed by atoms with E-state index < -0.39 is 0 Å². The number of hydrogen-bond acceptors (Lipinski definition) is 6. The molecule has 0 bridgehead atoms. The summed E-state index contributed by atoms with van der Waals surface area (Å²) in [7, 11) is 2.03. The smallest absolute Gasteiger partial charge is 0.219 e. The van der Waals surface area contributed by atoms with Gasteiger partial charge in [-0.2, -0.15) is 0 Å². The Balaban J connectivity index is 1.40. The number of carbonyl (C=O) groups excluding carboxylic acids is 1. The quantitative estimate of drug-likeness (QED) is 0.508. The zero-order valence-electron chi connectivity index (χ0n) is 19.1. The number of amides is 1. The molecule has 1 atom stereocenters. The molecule has 1 fully saturated rings. The molecular formula is C25H27N7O. The number of rotatable bonds is 5. The predicted octanol–water partition coefficient (Wildman–Crippen LogP) is 3.68. The van der Waals surface area contributed by atoms with Gasteiger partial charge in [-0.1, -0.05) is 12.1 Å². The number of nitrogens with zero attached hydrogens (tertiary/aromatic N) is 6. The summed E-state index contributed by atoms with van der Waals surface area (Å²) in [6, 6.07) is 12.1. The van der Waals surface area contributed by atoms with Crippen molar-refractivity contribution in [3.8, 4) is 11.1 Å². The minimum Gasteiger partial charge on any atom is -0.363 e. The molecule has 4 heterocycles. The fourth-order valence-corrected chi connectivity index (χ4v) is 4.51. The average Bonchev–Trinajstić information content (AvgIpc) is 3.44. The monoisotopic (exact) mass is 441 g/mol. The molecule has 4 aromatic rings. The van der Waals surface area contributed by atoms with Gasteiger partial charge < -0.3 is 14.8 Å². The average molecular weight is 442 g/mol. The van der Waals surface area contributed by atoms with Crippen LogP contribution in [-0.2, 0) is 18.4 Å². The normalized spacial score (nSPS) is 15.8. The molecule has 0 spiro atoms. The number of benzene rings is 1. The highest BCUT2D eigenvalue weighted by Crippen LogP contribution is 2.33. The lowest BCUT2D eigenvalue weighted by Gasteiger charge is -2.17. The molecule has 1 amide bonds. The van der Waals surface area contributed by atoms with Crippen LogP contribution in [0.4, 0.5) is 5.82 Å². The summed E-state index contributed by atoms with van der Waals surface area (Å²) in [5, 5.41) is 3.41. The number of hydrogen-bond donors (Lipinski definition) is 1. The van der Waals surface area contributed by atoms with E-state index in [1.54, 1.807) is 13.1 Å². The molecular weight excluding hydrogens is 414 g/mol. The van der Waals surface area contributed by atoms with Crippen molar-refractivity contribution < 1.29 is 4.79 Å². The maximum atomic E-state index is 11.8. The van der Waals surface area contributed by atoms with Crippen molar-refractivity contribution in [3.63, 3.8) is 0 Å². The number of carbonyl (C=O) groups is 1. The van der Waals surface area contributed by atoms with Crippen LogP contribution in [0.15, 0.2) is 48.8 Å². The van der Waals surface area contributed by atoms with Gasteiger partial charge in [0.2, 0.25) is 5.91 Å². The minimum atomic E-state index is 0.113. The number of aromatic nitrogens is 5. The predicted molar refractivity (Wildman–Crippen MR) is 128 cm³/mol. The number of nitrogens with one attached hydrogen (secondary N) is 1. The molecule has 1 unspecified atom stereocenters. The Kier molecular flexibility index (Phi) is 5.50. The van der Waals surface area contributed by atoms with E-state index in [4.69, 9.17) is 9.97 Å². The maximum Gasteiger partial charge on any atom is 0.219 e. The Hall–Kier alpha value is -3.81. The first kappa shape index (κ1) is 21.1. The molecule has 1 aliphatic heterocycles. The molecule has 0 aliphatic carbocycles. The second-order valence-electron chi connectivity index (χ2n) is 8.53. The number of likely N-dealkylation sites (tertiary alicyclic amines) is 1. The summed E-state index contributed by atoms with van der Waals surface area (Å²) in [5.41, 5.74) is 5.08. The van der Waals surface area contributed by atoms with Crippen molar-refractivity contribution in [2.45, 2.75) is 32.7 Å². The van der Waals surface area contributed by atoms with E-state index in [0.717, 1.165) is 58.3 Å². The van der Waals surface area contributed by atoms with Gasteiger partial charge in [-0.25, -0.2) is 19.9 Å². The summed E-state index contributed by atoms with van der Waals surface area (Å²) >= 11 is 0. The van der Waals surface area contributed by atoms with Crippen molar-refractivity contribution in [1.29, 1.82) is 0 Å². The number of pyridine rings is 1. The van der Waals surface area contributed by atoms with Crippen molar-refractivity contribution >= 4 is 22.8 Å². The number of aryl methyl sites for hydroxylation is 2. The van der Waals surface area contributed by atoms with Gasteiger partial charge in [-0.05, 0) is 43.2 Å². The fourth-order valence-electron chi connectivity index (χ4n) is 4.51. The number of para-hydroxylation sites is 2. The second-order valence-corrected chi connectivity index (χ2v) is 8.53. The maximum absolute atomic E-state index is 11.8. The van der Waals surface area contributed by atoms with Gasteiger partial charge in [0, 0.05) is 50.9 Å². The number of imidazole rings is 1. The molecule has 0 radical (unpaired) electrons. The lowest BCUT2D eigenvalue weighted by molar-refractivity contribution is -0.127. The second kappa shape index (κ2) is 8.61. The summed E-state index contributed by atoms with van der Waals surface area (Å²) in [6.45, 7) is 5.56. The van der Waals surface area contributed by atoms with Crippen molar-refractivity contribution in [2.75, 3.05) is 18.4 Å². The first-order valence-electron chi connectivity index (χ1n) is 11.2. The highest BCUT2D eigenvalue weighted by molar-refractivity contribution is 5.76. The van der Waals surface area contributed by atoms with E-state index in [9.17, 15) is 4.79 Å². The molecule has 1 aromatic carbocycles. The summed E-state index contributed by atoms with van der Waals surface area (Å²) in [4.78, 5) is 32.2. The van der Waals surface area contributed by atoms with Crippen LogP contribution in [0.3, 0.4) is 0 Å². The van der Waals surface area contributed by atoms with Crippen LogP contribution in [-0.4, -0.2) is 48.4 Å². The Morgan fingerprint density at radius 1 is 1.18 bits per heavy atom. The third-order valence-electron chi connectivity index (χ3n) is 6.34. The Morgan fingerprint density at radius 2 is 2.03 bits per heavy atom. The molecule has 8 nitrogen and oxygen atoms in total. The highest BCUT2D eigenvalue weighted by atomic mass is 16.2. The molecule has 3 aromatic heterocycles. The molecule has 33 heavy (non-hydrogen) atoms. The highest BCUT2D eigenvalue weighted by Gasteiger charge is 2.29. The van der Waals surface area contributed by atoms with E-state index in [1.165, 1.54) is 0 Å². The van der Waals surface area contributed by atoms with E-state index in [-0.39, 0.29) is 11.8 Å². The van der Waals surface area contributed by atoms with Gasteiger partial charge >= 0.3 is 0 Å². The molecule has 1 saturated heterocycles. The zero-order chi connectivity index (χ0) is 22.9. The van der Waals surface area contributed by atoms with E-state index in [2.05, 4.69) is 25.9 Å². The Bertz CT molecular complexity index is 1330. The molecule has 0 saturated carbocycles. The van der Waals surface area contributed by atoms with E-state index >= 15 is 0 Å². The molecule has 168 valence electrons. The van der Waals surface area contributed by atoms with E-state index in [0.29, 0.717) is 13.1 Å². The third-order valence-corrected chi connectivity index (χ3v) is 6.34. The first-order valence-corrected chi connectivity index (χ1v) is 11.2. The van der Waals surface area contributed by atoms with E-state index in [1.807, 2.05) is 55.4 Å². The largest absolute Gasteiger partial charge is 0.363 e. The van der Waals surface area contributed by atoms with Gasteiger partial charge in [0.05, 0.1) is 23.3 Å². The SMILES string of the molecule is CC(=O)N1CCC(c2nc(C)ncc2-c2ccnc(NCc3nc4ccccc4n3C)c2)C1. The molecule has 1 aliphatic rings. The molecule has 5 rings (SSSR count). The van der Waals surface area contributed by atoms with Crippen molar-refractivity contribution in [1.82, 2.24) is 29.4 Å². The van der Waals surface area contributed by atoms with Gasteiger partial charge in [0.25, 0.3) is 0 Å². The van der Waals surface area contributed by atoms with Crippen LogP contribution >= 0.6 is 0 Å². The van der Waals surface area contributed by atoms with Crippen LogP contribution in [0.5, 0.6) is 0 Å². The third kappa shape index (κ3) is 4.16. The van der Waals surface area contributed by atoms with Crippen LogP contribution < -0.4 is 5.32 Å². The summed E-state index contributed by atoms with van der Waals surface area (Å²) in [6.07, 6.45) is 4.59. The van der Waals surface area contributed by atoms with Gasteiger partial charge in [0.1, 0.15) is 17.5 Å². The fraction of sp³-hybridized carbons (Fsp3) is 0.320. The topological polar surface area (TPSA) is 88.8 Å².